The molecule has 1 atom stereocenters. The quantitative estimate of drug-likeness (QED) is 0.673. The van der Waals surface area contributed by atoms with Gasteiger partial charge in [-0.1, -0.05) is 69.3 Å². The highest BCUT2D eigenvalue weighted by Crippen LogP contribution is 2.28. The molecule has 0 saturated heterocycles. The van der Waals surface area contributed by atoms with Crippen molar-refractivity contribution in [2.75, 3.05) is 6.54 Å². The highest BCUT2D eigenvalue weighted by Gasteiger charge is 2.24. The van der Waals surface area contributed by atoms with E-state index in [-0.39, 0.29) is 0 Å². The van der Waals surface area contributed by atoms with Crippen LogP contribution >= 0.6 is 0 Å². The third-order valence-electron chi connectivity index (χ3n) is 4.95. The van der Waals surface area contributed by atoms with Gasteiger partial charge in [0.15, 0.2) is 0 Å². The maximum Gasteiger partial charge on any atom is 0.0236 e. The molecule has 1 heteroatoms. The van der Waals surface area contributed by atoms with Crippen molar-refractivity contribution in [1.82, 2.24) is 4.90 Å². The minimum absolute atomic E-state index is 0.689. The molecule has 3 rings (SSSR count). The summed E-state index contributed by atoms with van der Waals surface area (Å²) in [5, 5.41) is 0. The molecular formula is C23H33N. The van der Waals surface area contributed by atoms with E-state index in [1.807, 2.05) is 13.8 Å². The molecule has 0 amide bonds. The molecule has 2 aromatic rings. The topological polar surface area (TPSA) is 3.24 Å². The minimum atomic E-state index is 0.689. The Kier molecular flexibility index (Phi) is 7.52. The zero-order valence-corrected chi connectivity index (χ0v) is 15.9. The van der Waals surface area contributed by atoms with E-state index < -0.39 is 0 Å². The predicted octanol–water partition coefficient (Wildman–Crippen LogP) is 5.79. The fourth-order valence-corrected chi connectivity index (χ4v) is 3.76. The molecular weight excluding hydrogens is 290 g/mol. The van der Waals surface area contributed by atoms with Crippen LogP contribution in [0.15, 0.2) is 48.5 Å². The van der Waals surface area contributed by atoms with Crippen LogP contribution in [-0.4, -0.2) is 17.5 Å². The summed E-state index contributed by atoms with van der Waals surface area (Å²) in [7, 11) is 0. The summed E-state index contributed by atoms with van der Waals surface area (Å²) < 4.78 is 0. The van der Waals surface area contributed by atoms with Gasteiger partial charge in [-0.3, -0.25) is 4.90 Å². The number of rotatable bonds is 5. The Bertz CT molecular complexity index is 603. The third-order valence-corrected chi connectivity index (χ3v) is 4.95. The SMILES string of the molecule is CC.CCCN(Cc1ccccc1)[C@@H]1CCc2cccc(C)c2C1. The maximum atomic E-state index is 2.70. The first-order chi connectivity index (χ1) is 11.8. The van der Waals surface area contributed by atoms with Crippen LogP contribution in [0.2, 0.25) is 0 Å². The molecule has 0 aliphatic heterocycles. The van der Waals surface area contributed by atoms with Gasteiger partial charge in [-0.25, -0.2) is 0 Å². The van der Waals surface area contributed by atoms with E-state index in [0.717, 1.165) is 6.54 Å². The fraction of sp³-hybridized carbons (Fsp3) is 0.478. The molecule has 130 valence electrons. The Balaban J connectivity index is 0.00000100. The standard InChI is InChI=1S/C21H27N.C2H6/c1-3-14-22(16-18-9-5-4-6-10-18)20-13-12-19-11-7-8-17(2)21(19)15-20;1-2/h4-11,20H,3,12-16H2,1-2H3;1-2H3/t20-;/m1./s1. The zero-order chi connectivity index (χ0) is 17.4. The van der Waals surface area contributed by atoms with Gasteiger partial charge in [0.2, 0.25) is 0 Å². The van der Waals surface area contributed by atoms with E-state index in [1.54, 1.807) is 11.1 Å². The van der Waals surface area contributed by atoms with Crippen LogP contribution in [0.5, 0.6) is 0 Å². The summed E-state index contributed by atoms with van der Waals surface area (Å²) in [6, 6.07) is 18.4. The lowest BCUT2D eigenvalue weighted by atomic mass is 9.85. The van der Waals surface area contributed by atoms with Crippen molar-refractivity contribution in [1.29, 1.82) is 0 Å². The minimum Gasteiger partial charge on any atom is -0.296 e. The molecule has 1 nitrogen and oxygen atoms in total. The largest absolute Gasteiger partial charge is 0.296 e. The summed E-state index contributed by atoms with van der Waals surface area (Å²) in [5.74, 6) is 0. The monoisotopic (exact) mass is 323 g/mol. The lowest BCUT2D eigenvalue weighted by Gasteiger charge is -2.36. The lowest BCUT2D eigenvalue weighted by Crippen LogP contribution is -2.39. The highest BCUT2D eigenvalue weighted by molar-refractivity contribution is 5.37. The molecule has 0 radical (unpaired) electrons. The highest BCUT2D eigenvalue weighted by atomic mass is 15.1. The average molecular weight is 324 g/mol. The second-order valence-corrected chi connectivity index (χ2v) is 6.57. The number of hydrogen-bond acceptors (Lipinski definition) is 1. The van der Waals surface area contributed by atoms with Crippen LogP contribution < -0.4 is 0 Å². The van der Waals surface area contributed by atoms with Crippen molar-refractivity contribution >= 4 is 0 Å². The summed E-state index contributed by atoms with van der Waals surface area (Å²) >= 11 is 0. The van der Waals surface area contributed by atoms with Crippen LogP contribution in [0.1, 0.15) is 55.9 Å². The van der Waals surface area contributed by atoms with Gasteiger partial charge in [-0.15, -0.1) is 0 Å². The van der Waals surface area contributed by atoms with E-state index in [4.69, 9.17) is 0 Å². The Morgan fingerprint density at radius 2 is 1.75 bits per heavy atom. The van der Waals surface area contributed by atoms with Crippen molar-refractivity contribution in [2.24, 2.45) is 0 Å². The van der Waals surface area contributed by atoms with Crippen molar-refractivity contribution in [2.45, 2.75) is 66.0 Å². The van der Waals surface area contributed by atoms with E-state index in [1.165, 1.54) is 43.4 Å². The first-order valence-electron chi connectivity index (χ1n) is 9.63. The van der Waals surface area contributed by atoms with E-state index in [9.17, 15) is 0 Å². The number of nitrogens with zero attached hydrogens (tertiary/aromatic N) is 1. The van der Waals surface area contributed by atoms with Crippen LogP contribution in [0.3, 0.4) is 0 Å². The van der Waals surface area contributed by atoms with Gasteiger partial charge in [-0.05, 0) is 61.4 Å². The first kappa shape index (κ1) is 18.7. The Labute approximate surface area is 148 Å². The van der Waals surface area contributed by atoms with Crippen LogP contribution in [-0.2, 0) is 19.4 Å². The molecule has 0 spiro atoms. The molecule has 1 aliphatic carbocycles. The van der Waals surface area contributed by atoms with Crippen molar-refractivity contribution < 1.29 is 0 Å². The van der Waals surface area contributed by atoms with Gasteiger partial charge < -0.3 is 0 Å². The smallest absolute Gasteiger partial charge is 0.0236 e. The first-order valence-corrected chi connectivity index (χ1v) is 9.63. The third kappa shape index (κ3) is 4.70. The molecule has 0 heterocycles. The molecule has 24 heavy (non-hydrogen) atoms. The Morgan fingerprint density at radius 3 is 2.46 bits per heavy atom. The van der Waals surface area contributed by atoms with Gasteiger partial charge in [0.1, 0.15) is 0 Å². The molecule has 0 saturated carbocycles. The van der Waals surface area contributed by atoms with E-state index in [2.05, 4.69) is 67.3 Å². The Morgan fingerprint density at radius 1 is 1.00 bits per heavy atom. The van der Waals surface area contributed by atoms with E-state index >= 15 is 0 Å². The van der Waals surface area contributed by atoms with Crippen molar-refractivity contribution in [3.63, 3.8) is 0 Å². The molecule has 0 fully saturated rings. The number of aryl methyl sites for hydroxylation is 2. The molecule has 1 aliphatic rings. The van der Waals surface area contributed by atoms with Gasteiger partial charge in [0, 0.05) is 12.6 Å². The van der Waals surface area contributed by atoms with Crippen molar-refractivity contribution in [3.8, 4) is 0 Å². The van der Waals surface area contributed by atoms with Crippen LogP contribution in [0, 0.1) is 6.92 Å². The second kappa shape index (κ2) is 9.64. The summed E-state index contributed by atoms with van der Waals surface area (Å²) in [5.41, 5.74) is 6.09. The second-order valence-electron chi connectivity index (χ2n) is 6.57. The van der Waals surface area contributed by atoms with Gasteiger partial charge in [0.25, 0.3) is 0 Å². The average Bonchev–Trinajstić information content (AvgIpc) is 2.64. The molecule has 0 aromatic heterocycles. The predicted molar refractivity (Wildman–Crippen MR) is 105 cm³/mol. The summed E-state index contributed by atoms with van der Waals surface area (Å²) in [6.07, 6.45) is 4.97. The molecule has 0 bridgehead atoms. The fourth-order valence-electron chi connectivity index (χ4n) is 3.76. The summed E-state index contributed by atoms with van der Waals surface area (Å²) in [6.45, 7) is 10.8. The zero-order valence-electron chi connectivity index (χ0n) is 15.9. The summed E-state index contributed by atoms with van der Waals surface area (Å²) in [4.78, 5) is 2.70. The number of benzene rings is 2. The van der Waals surface area contributed by atoms with Crippen molar-refractivity contribution in [3.05, 3.63) is 70.8 Å². The van der Waals surface area contributed by atoms with Gasteiger partial charge >= 0.3 is 0 Å². The molecule has 0 N–H and O–H groups in total. The maximum absolute atomic E-state index is 2.70. The van der Waals surface area contributed by atoms with Gasteiger partial charge in [0.05, 0.1) is 0 Å². The molecule has 0 unspecified atom stereocenters. The normalized spacial score (nSPS) is 16.3. The Hall–Kier alpha value is -1.60. The van der Waals surface area contributed by atoms with E-state index in [0.29, 0.717) is 6.04 Å². The van der Waals surface area contributed by atoms with Crippen LogP contribution in [0.4, 0.5) is 0 Å². The van der Waals surface area contributed by atoms with Gasteiger partial charge in [-0.2, -0.15) is 0 Å². The number of fused-ring (bicyclic) bond motifs is 1. The lowest BCUT2D eigenvalue weighted by molar-refractivity contribution is 0.171. The number of hydrogen-bond donors (Lipinski definition) is 0. The van der Waals surface area contributed by atoms with Crippen LogP contribution in [0.25, 0.3) is 0 Å². The molecule has 2 aromatic carbocycles.